The van der Waals surface area contributed by atoms with Crippen LogP contribution < -0.4 is 5.32 Å². The van der Waals surface area contributed by atoms with Crippen LogP contribution in [0.15, 0.2) is 18.2 Å². The van der Waals surface area contributed by atoms with E-state index >= 15 is 0 Å². The van der Waals surface area contributed by atoms with Crippen molar-refractivity contribution in [3.05, 3.63) is 34.6 Å². The van der Waals surface area contributed by atoms with Crippen molar-refractivity contribution in [1.82, 2.24) is 5.32 Å². The van der Waals surface area contributed by atoms with Gasteiger partial charge in [0.2, 0.25) is 0 Å². The first kappa shape index (κ1) is 16.4. The molecule has 6 heteroatoms. The van der Waals surface area contributed by atoms with Crippen molar-refractivity contribution >= 4 is 23.5 Å². The van der Waals surface area contributed by atoms with Crippen molar-refractivity contribution < 1.29 is 18.7 Å². The van der Waals surface area contributed by atoms with E-state index in [-0.39, 0.29) is 16.5 Å². The fraction of sp³-hybridized carbons (Fsp3) is 0.429. The molecule has 1 atom stereocenters. The average Bonchev–Trinajstić information content (AvgIpc) is 2.36. The molecule has 0 aliphatic carbocycles. The number of rotatable bonds is 5. The minimum atomic E-state index is -0.756. The van der Waals surface area contributed by atoms with Gasteiger partial charge in [-0.25, -0.2) is 9.18 Å². The van der Waals surface area contributed by atoms with Crippen molar-refractivity contribution in [2.45, 2.75) is 26.3 Å². The summed E-state index contributed by atoms with van der Waals surface area (Å²) in [4.78, 5) is 23.7. The zero-order chi connectivity index (χ0) is 15.3. The van der Waals surface area contributed by atoms with E-state index in [2.05, 4.69) is 10.1 Å². The summed E-state index contributed by atoms with van der Waals surface area (Å²) >= 11 is 5.81. The Hall–Kier alpha value is -1.62. The van der Waals surface area contributed by atoms with Gasteiger partial charge in [-0.3, -0.25) is 4.79 Å². The topological polar surface area (TPSA) is 55.4 Å². The molecule has 0 fully saturated rings. The van der Waals surface area contributed by atoms with Gasteiger partial charge in [0.1, 0.15) is 11.9 Å². The highest BCUT2D eigenvalue weighted by molar-refractivity contribution is 6.33. The van der Waals surface area contributed by atoms with Gasteiger partial charge in [0.05, 0.1) is 17.7 Å². The van der Waals surface area contributed by atoms with Gasteiger partial charge in [0, 0.05) is 0 Å². The SMILES string of the molecule is COC(=O)C(CC(C)C)NC(=O)c1ccc(F)cc1Cl. The first-order valence-electron chi connectivity index (χ1n) is 6.19. The van der Waals surface area contributed by atoms with E-state index in [1.54, 1.807) is 0 Å². The number of nitrogens with one attached hydrogen (secondary N) is 1. The molecule has 0 aromatic heterocycles. The third kappa shape index (κ3) is 4.49. The van der Waals surface area contributed by atoms with Gasteiger partial charge >= 0.3 is 5.97 Å². The summed E-state index contributed by atoms with van der Waals surface area (Å²) in [6.45, 7) is 3.85. The monoisotopic (exact) mass is 301 g/mol. The van der Waals surface area contributed by atoms with Crippen LogP contribution >= 0.6 is 11.6 Å². The van der Waals surface area contributed by atoms with Gasteiger partial charge in [-0.1, -0.05) is 25.4 Å². The number of carbonyl (C=O) groups excluding carboxylic acids is 2. The molecule has 1 unspecified atom stereocenters. The van der Waals surface area contributed by atoms with Crippen molar-refractivity contribution in [1.29, 1.82) is 0 Å². The van der Waals surface area contributed by atoms with E-state index in [0.717, 1.165) is 12.1 Å². The highest BCUT2D eigenvalue weighted by atomic mass is 35.5. The Morgan fingerprint density at radius 1 is 1.40 bits per heavy atom. The quantitative estimate of drug-likeness (QED) is 0.851. The predicted octanol–water partition coefficient (Wildman–Crippen LogP) is 2.80. The first-order chi connectivity index (χ1) is 9.35. The number of carbonyl (C=O) groups is 2. The highest BCUT2D eigenvalue weighted by Crippen LogP contribution is 2.17. The molecule has 0 heterocycles. The molecule has 0 aliphatic heterocycles. The maximum Gasteiger partial charge on any atom is 0.328 e. The third-order valence-corrected chi connectivity index (χ3v) is 2.99. The number of halogens is 2. The second-order valence-corrected chi connectivity index (χ2v) is 5.21. The maximum absolute atomic E-state index is 12.9. The summed E-state index contributed by atoms with van der Waals surface area (Å²) in [6, 6.07) is 2.70. The second-order valence-electron chi connectivity index (χ2n) is 4.80. The highest BCUT2D eigenvalue weighted by Gasteiger charge is 2.24. The summed E-state index contributed by atoms with van der Waals surface area (Å²) < 4.78 is 17.6. The molecule has 0 aliphatic rings. The van der Waals surface area contributed by atoms with Gasteiger partial charge < -0.3 is 10.1 Å². The Morgan fingerprint density at radius 2 is 2.05 bits per heavy atom. The van der Waals surface area contributed by atoms with Crippen LogP contribution in [-0.4, -0.2) is 25.0 Å². The summed E-state index contributed by atoms with van der Waals surface area (Å²) in [5.74, 6) is -1.39. The average molecular weight is 302 g/mol. The first-order valence-corrected chi connectivity index (χ1v) is 6.56. The molecule has 0 bridgehead atoms. The van der Waals surface area contributed by atoms with E-state index in [4.69, 9.17) is 11.6 Å². The van der Waals surface area contributed by atoms with Crippen LogP contribution in [0.1, 0.15) is 30.6 Å². The molecule has 0 saturated carbocycles. The van der Waals surface area contributed by atoms with E-state index in [1.165, 1.54) is 13.2 Å². The minimum absolute atomic E-state index is 0.00402. The summed E-state index contributed by atoms with van der Waals surface area (Å²) in [5.41, 5.74) is 0.116. The molecule has 0 radical (unpaired) electrons. The molecule has 1 aromatic carbocycles. The van der Waals surface area contributed by atoms with Crippen molar-refractivity contribution in [2.24, 2.45) is 5.92 Å². The van der Waals surface area contributed by atoms with Gasteiger partial charge in [-0.2, -0.15) is 0 Å². The largest absolute Gasteiger partial charge is 0.467 e. The van der Waals surface area contributed by atoms with Crippen LogP contribution in [0.25, 0.3) is 0 Å². The third-order valence-electron chi connectivity index (χ3n) is 2.67. The minimum Gasteiger partial charge on any atom is -0.467 e. The lowest BCUT2D eigenvalue weighted by Crippen LogP contribution is -2.42. The number of esters is 1. The summed E-state index contributed by atoms with van der Waals surface area (Å²) in [6.07, 6.45) is 0.442. The van der Waals surface area contributed by atoms with Gasteiger partial charge in [0.25, 0.3) is 5.91 Å². The Balaban J connectivity index is 2.87. The standard InChI is InChI=1S/C14H17ClFNO3/c1-8(2)6-12(14(19)20-3)17-13(18)10-5-4-9(16)7-11(10)15/h4-5,7-8,12H,6H2,1-3H3,(H,17,18). The lowest BCUT2D eigenvalue weighted by Gasteiger charge is -2.18. The molecule has 1 rings (SSSR count). The van der Waals surface area contributed by atoms with Gasteiger partial charge in [-0.05, 0) is 30.5 Å². The molecule has 20 heavy (non-hydrogen) atoms. The molecular formula is C14H17ClFNO3. The second kappa shape index (κ2) is 7.24. The molecule has 1 N–H and O–H groups in total. The molecule has 4 nitrogen and oxygen atoms in total. The molecular weight excluding hydrogens is 285 g/mol. The fourth-order valence-electron chi connectivity index (χ4n) is 1.74. The van der Waals surface area contributed by atoms with Crippen molar-refractivity contribution in [2.75, 3.05) is 7.11 Å². The predicted molar refractivity (Wildman–Crippen MR) is 74.1 cm³/mol. The molecule has 1 aromatic rings. The number of benzene rings is 1. The summed E-state index contributed by atoms with van der Waals surface area (Å²) in [5, 5.41) is 2.55. The van der Waals surface area contributed by atoms with Crippen LogP contribution in [0.3, 0.4) is 0 Å². The van der Waals surface area contributed by atoms with Crippen LogP contribution in [-0.2, 0) is 9.53 Å². The fourth-order valence-corrected chi connectivity index (χ4v) is 1.99. The lowest BCUT2D eigenvalue weighted by atomic mass is 10.0. The molecule has 0 saturated heterocycles. The lowest BCUT2D eigenvalue weighted by molar-refractivity contribution is -0.143. The van der Waals surface area contributed by atoms with E-state index in [1.807, 2.05) is 13.8 Å². The number of amides is 1. The molecule has 110 valence electrons. The van der Waals surface area contributed by atoms with Crippen LogP contribution in [0.2, 0.25) is 5.02 Å². The number of hydrogen-bond donors (Lipinski definition) is 1. The van der Waals surface area contributed by atoms with Crippen molar-refractivity contribution in [3.8, 4) is 0 Å². The number of ether oxygens (including phenoxy) is 1. The van der Waals surface area contributed by atoms with Gasteiger partial charge in [0.15, 0.2) is 0 Å². The van der Waals surface area contributed by atoms with Crippen LogP contribution in [0, 0.1) is 11.7 Å². The zero-order valence-electron chi connectivity index (χ0n) is 11.6. The van der Waals surface area contributed by atoms with E-state index < -0.39 is 23.7 Å². The Labute approximate surface area is 122 Å². The van der Waals surface area contributed by atoms with E-state index in [9.17, 15) is 14.0 Å². The molecule has 0 spiro atoms. The molecule has 1 amide bonds. The Kier molecular flexibility index (Phi) is 5.95. The number of hydrogen-bond acceptors (Lipinski definition) is 3. The van der Waals surface area contributed by atoms with Crippen LogP contribution in [0.5, 0.6) is 0 Å². The van der Waals surface area contributed by atoms with Crippen LogP contribution in [0.4, 0.5) is 4.39 Å². The Bertz CT molecular complexity index is 505. The van der Waals surface area contributed by atoms with Crippen molar-refractivity contribution in [3.63, 3.8) is 0 Å². The maximum atomic E-state index is 12.9. The van der Waals surface area contributed by atoms with E-state index in [0.29, 0.717) is 6.42 Å². The smallest absolute Gasteiger partial charge is 0.328 e. The normalized spacial score (nSPS) is 12.1. The Morgan fingerprint density at radius 3 is 2.55 bits per heavy atom. The van der Waals surface area contributed by atoms with Gasteiger partial charge in [-0.15, -0.1) is 0 Å². The summed E-state index contributed by atoms with van der Waals surface area (Å²) in [7, 11) is 1.26. The zero-order valence-corrected chi connectivity index (χ0v) is 12.3. The number of methoxy groups -OCH3 is 1.